The Morgan fingerprint density at radius 1 is 1.05 bits per heavy atom. The molecular weight excluding hydrogens is 254 g/mol. The Bertz CT molecular complexity index is 305. The first-order chi connectivity index (χ1) is 9.01. The molecule has 0 bridgehead atoms. The van der Waals surface area contributed by atoms with Crippen molar-refractivity contribution in [2.45, 2.75) is 51.0 Å². The fraction of sp³-hybridized carbons (Fsp3) is 0.833. The Hall–Kier alpha value is -1.66. The molecule has 0 amide bonds. The van der Waals surface area contributed by atoms with Gasteiger partial charge in [-0.05, 0) is 12.8 Å². The zero-order valence-corrected chi connectivity index (χ0v) is 11.4. The lowest BCUT2D eigenvalue weighted by atomic mass is 10.0. The lowest BCUT2D eigenvalue weighted by molar-refractivity contribution is -0.522. The van der Waals surface area contributed by atoms with Gasteiger partial charge in [-0.3, -0.25) is 19.7 Å². The molecule has 0 heterocycles. The molecule has 7 heteroatoms. The SMILES string of the molecule is COC(=O)CCCCCCC(CC(=O)OC)[N+](=O)[O-]. The third-order valence-electron chi connectivity index (χ3n) is 2.82. The Morgan fingerprint density at radius 3 is 2.16 bits per heavy atom. The van der Waals surface area contributed by atoms with E-state index >= 15 is 0 Å². The molecule has 0 saturated carbocycles. The molecule has 0 rings (SSSR count). The third kappa shape index (κ3) is 8.98. The summed E-state index contributed by atoms with van der Waals surface area (Å²) in [4.78, 5) is 32.1. The quantitative estimate of drug-likeness (QED) is 0.260. The van der Waals surface area contributed by atoms with Crippen LogP contribution in [0.25, 0.3) is 0 Å². The van der Waals surface area contributed by atoms with Crippen molar-refractivity contribution >= 4 is 11.9 Å². The minimum absolute atomic E-state index is 0.189. The zero-order chi connectivity index (χ0) is 14.7. The van der Waals surface area contributed by atoms with Crippen molar-refractivity contribution < 1.29 is 24.0 Å². The van der Waals surface area contributed by atoms with Gasteiger partial charge >= 0.3 is 11.9 Å². The largest absolute Gasteiger partial charge is 0.469 e. The second-order valence-corrected chi connectivity index (χ2v) is 4.25. The zero-order valence-electron chi connectivity index (χ0n) is 11.4. The van der Waals surface area contributed by atoms with Crippen LogP contribution in [0.5, 0.6) is 0 Å². The van der Waals surface area contributed by atoms with Crippen molar-refractivity contribution in [1.82, 2.24) is 0 Å². The molecule has 0 aliphatic carbocycles. The molecule has 19 heavy (non-hydrogen) atoms. The number of ether oxygens (including phenoxy) is 2. The highest BCUT2D eigenvalue weighted by molar-refractivity contribution is 5.69. The van der Waals surface area contributed by atoms with Crippen LogP contribution < -0.4 is 0 Å². The summed E-state index contributed by atoms with van der Waals surface area (Å²) in [5.74, 6) is -0.804. The van der Waals surface area contributed by atoms with Crippen LogP contribution in [0, 0.1) is 10.1 Å². The standard InChI is InChI=1S/C12H21NO6/c1-18-11(14)8-6-4-3-5-7-10(13(16)17)9-12(15)19-2/h10H,3-9H2,1-2H3. The first-order valence-corrected chi connectivity index (χ1v) is 6.28. The molecule has 0 aliphatic rings. The molecule has 0 radical (unpaired) electrons. The Labute approximate surface area is 112 Å². The van der Waals surface area contributed by atoms with Gasteiger partial charge in [0.05, 0.1) is 14.2 Å². The van der Waals surface area contributed by atoms with Gasteiger partial charge in [0.25, 0.3) is 0 Å². The Kier molecular flexibility index (Phi) is 9.38. The van der Waals surface area contributed by atoms with E-state index in [1.54, 1.807) is 0 Å². The first-order valence-electron chi connectivity index (χ1n) is 6.28. The summed E-state index contributed by atoms with van der Waals surface area (Å²) in [6.07, 6.45) is 3.51. The predicted molar refractivity (Wildman–Crippen MR) is 67.1 cm³/mol. The van der Waals surface area contributed by atoms with E-state index in [9.17, 15) is 19.7 Å². The summed E-state index contributed by atoms with van der Waals surface area (Å²) < 4.78 is 8.92. The molecule has 0 aromatic carbocycles. The summed E-state index contributed by atoms with van der Waals surface area (Å²) in [6, 6.07) is -0.881. The number of carbonyl (C=O) groups is 2. The molecule has 0 aromatic heterocycles. The fourth-order valence-electron chi connectivity index (χ4n) is 1.66. The maximum Gasteiger partial charge on any atom is 0.312 e. The van der Waals surface area contributed by atoms with Crippen LogP contribution in [0.3, 0.4) is 0 Å². The van der Waals surface area contributed by atoms with Crippen LogP contribution in [-0.2, 0) is 19.1 Å². The summed E-state index contributed by atoms with van der Waals surface area (Å²) in [7, 11) is 2.56. The number of carbonyl (C=O) groups excluding carboxylic acids is 2. The smallest absolute Gasteiger partial charge is 0.312 e. The molecule has 1 atom stereocenters. The minimum Gasteiger partial charge on any atom is -0.469 e. The van der Waals surface area contributed by atoms with Gasteiger partial charge in [0.2, 0.25) is 6.04 Å². The number of methoxy groups -OCH3 is 2. The van der Waals surface area contributed by atoms with Gasteiger partial charge in [0.1, 0.15) is 6.42 Å². The van der Waals surface area contributed by atoms with Crippen molar-refractivity contribution in [2.24, 2.45) is 0 Å². The van der Waals surface area contributed by atoms with Crippen LogP contribution in [0.4, 0.5) is 0 Å². The first kappa shape index (κ1) is 17.3. The second-order valence-electron chi connectivity index (χ2n) is 4.25. The lowest BCUT2D eigenvalue weighted by Gasteiger charge is -2.08. The lowest BCUT2D eigenvalue weighted by Crippen LogP contribution is -2.23. The van der Waals surface area contributed by atoms with E-state index in [2.05, 4.69) is 9.47 Å². The second kappa shape index (κ2) is 10.3. The van der Waals surface area contributed by atoms with E-state index in [0.29, 0.717) is 25.7 Å². The van der Waals surface area contributed by atoms with Crippen LogP contribution in [0.2, 0.25) is 0 Å². The van der Waals surface area contributed by atoms with Crippen molar-refractivity contribution in [1.29, 1.82) is 0 Å². The van der Waals surface area contributed by atoms with Gasteiger partial charge in [-0.1, -0.05) is 12.8 Å². The number of hydrogen-bond donors (Lipinski definition) is 0. The van der Waals surface area contributed by atoms with Crippen molar-refractivity contribution in [3.05, 3.63) is 10.1 Å². The van der Waals surface area contributed by atoms with Crippen molar-refractivity contribution in [3.63, 3.8) is 0 Å². The van der Waals surface area contributed by atoms with E-state index in [-0.39, 0.29) is 12.4 Å². The van der Waals surface area contributed by atoms with Gasteiger partial charge in [-0.25, -0.2) is 0 Å². The Morgan fingerprint density at radius 2 is 1.63 bits per heavy atom. The van der Waals surface area contributed by atoms with Crippen LogP contribution in [-0.4, -0.2) is 37.1 Å². The molecule has 0 spiro atoms. The highest BCUT2D eigenvalue weighted by Crippen LogP contribution is 2.12. The molecule has 0 N–H and O–H groups in total. The molecule has 0 fully saturated rings. The van der Waals surface area contributed by atoms with Gasteiger partial charge < -0.3 is 9.47 Å². The average molecular weight is 275 g/mol. The highest BCUT2D eigenvalue weighted by atomic mass is 16.6. The van der Waals surface area contributed by atoms with Crippen LogP contribution >= 0.6 is 0 Å². The van der Waals surface area contributed by atoms with Gasteiger partial charge in [-0.15, -0.1) is 0 Å². The van der Waals surface area contributed by atoms with Crippen LogP contribution in [0.1, 0.15) is 44.9 Å². The maximum atomic E-state index is 11.0. The summed E-state index contributed by atoms with van der Waals surface area (Å²) in [5.41, 5.74) is 0. The number of hydrogen-bond acceptors (Lipinski definition) is 6. The summed E-state index contributed by atoms with van der Waals surface area (Å²) in [5, 5.41) is 10.7. The number of nitro groups is 1. The molecule has 0 aliphatic heterocycles. The summed E-state index contributed by atoms with van der Waals surface area (Å²) in [6.45, 7) is 0. The summed E-state index contributed by atoms with van der Waals surface area (Å²) >= 11 is 0. The van der Waals surface area contributed by atoms with E-state index in [1.807, 2.05) is 0 Å². The molecular formula is C12H21NO6. The van der Waals surface area contributed by atoms with Gasteiger partial charge in [0, 0.05) is 17.8 Å². The van der Waals surface area contributed by atoms with E-state index in [1.165, 1.54) is 14.2 Å². The third-order valence-corrected chi connectivity index (χ3v) is 2.82. The number of esters is 2. The monoisotopic (exact) mass is 275 g/mol. The number of unbranched alkanes of at least 4 members (excludes halogenated alkanes) is 3. The number of rotatable bonds is 10. The van der Waals surface area contributed by atoms with E-state index < -0.39 is 16.9 Å². The van der Waals surface area contributed by atoms with E-state index in [0.717, 1.165) is 12.8 Å². The topological polar surface area (TPSA) is 95.7 Å². The molecule has 0 saturated heterocycles. The molecule has 0 aromatic rings. The molecule has 7 nitrogen and oxygen atoms in total. The van der Waals surface area contributed by atoms with Crippen LogP contribution in [0.15, 0.2) is 0 Å². The van der Waals surface area contributed by atoms with E-state index in [4.69, 9.17) is 0 Å². The van der Waals surface area contributed by atoms with Crippen molar-refractivity contribution in [3.8, 4) is 0 Å². The number of nitrogens with zero attached hydrogens (tertiary/aromatic N) is 1. The highest BCUT2D eigenvalue weighted by Gasteiger charge is 2.23. The predicted octanol–water partition coefficient (Wildman–Crippen LogP) is 1.71. The van der Waals surface area contributed by atoms with Crippen molar-refractivity contribution in [2.75, 3.05) is 14.2 Å². The van der Waals surface area contributed by atoms with Gasteiger partial charge in [-0.2, -0.15) is 0 Å². The maximum absolute atomic E-state index is 11.0. The average Bonchev–Trinajstić information content (AvgIpc) is 2.40. The normalized spacial score (nSPS) is 11.7. The minimum atomic E-state index is -0.881. The molecule has 1 unspecified atom stereocenters. The van der Waals surface area contributed by atoms with Gasteiger partial charge in [0.15, 0.2) is 0 Å². The molecule has 110 valence electrons. The fourth-order valence-corrected chi connectivity index (χ4v) is 1.66. The Balaban J connectivity index is 3.73.